The van der Waals surface area contributed by atoms with Crippen LogP contribution in [0.4, 0.5) is 5.69 Å². The van der Waals surface area contributed by atoms with Gasteiger partial charge >= 0.3 is 0 Å². The van der Waals surface area contributed by atoms with Crippen molar-refractivity contribution in [1.82, 2.24) is 4.72 Å². The standard InChI is InChI=1S/C19H17BrN2O3S2/c1-13-12-15(20)9-10-16(13)21-19(23)18(14-6-3-2-4-7-14)22-27(24,25)17-8-5-11-26-17/h2-12,18,22H,1H3,(H,21,23)/t18-/m0/s1. The second-order valence-electron chi connectivity index (χ2n) is 5.85. The first-order chi connectivity index (χ1) is 12.9. The third-order valence-corrected chi connectivity index (χ3v) is 7.19. The molecule has 5 nitrogen and oxygen atoms in total. The minimum Gasteiger partial charge on any atom is -0.324 e. The fraction of sp³-hybridized carbons (Fsp3) is 0.105. The van der Waals surface area contributed by atoms with Crippen LogP contribution in [-0.2, 0) is 14.8 Å². The van der Waals surface area contributed by atoms with Gasteiger partial charge in [-0.1, -0.05) is 52.3 Å². The normalized spacial score (nSPS) is 12.5. The predicted molar refractivity (Wildman–Crippen MR) is 111 cm³/mol. The topological polar surface area (TPSA) is 75.3 Å². The highest BCUT2D eigenvalue weighted by atomic mass is 79.9. The van der Waals surface area contributed by atoms with Crippen LogP contribution in [0.1, 0.15) is 17.2 Å². The summed E-state index contributed by atoms with van der Waals surface area (Å²) in [6, 6.07) is 16.3. The summed E-state index contributed by atoms with van der Waals surface area (Å²) >= 11 is 4.49. The summed E-state index contributed by atoms with van der Waals surface area (Å²) < 4.78 is 28.9. The van der Waals surface area contributed by atoms with Gasteiger partial charge in [0.25, 0.3) is 10.0 Å². The van der Waals surface area contributed by atoms with Crippen molar-refractivity contribution in [3.8, 4) is 0 Å². The Morgan fingerprint density at radius 3 is 2.44 bits per heavy atom. The zero-order chi connectivity index (χ0) is 19.4. The minimum absolute atomic E-state index is 0.163. The highest BCUT2D eigenvalue weighted by Gasteiger charge is 2.28. The van der Waals surface area contributed by atoms with E-state index in [0.717, 1.165) is 21.4 Å². The lowest BCUT2D eigenvalue weighted by Gasteiger charge is -2.19. The van der Waals surface area contributed by atoms with Crippen molar-refractivity contribution in [2.45, 2.75) is 17.2 Å². The van der Waals surface area contributed by atoms with E-state index in [9.17, 15) is 13.2 Å². The van der Waals surface area contributed by atoms with Gasteiger partial charge in [0.1, 0.15) is 10.3 Å². The number of hydrogen-bond acceptors (Lipinski definition) is 4. The Kier molecular flexibility index (Phi) is 6.11. The van der Waals surface area contributed by atoms with Gasteiger partial charge in [0.05, 0.1) is 0 Å². The number of nitrogens with one attached hydrogen (secondary N) is 2. The molecular formula is C19H17BrN2O3S2. The molecular weight excluding hydrogens is 448 g/mol. The number of benzene rings is 2. The Bertz CT molecular complexity index is 1040. The fourth-order valence-electron chi connectivity index (χ4n) is 2.52. The van der Waals surface area contributed by atoms with Crippen molar-refractivity contribution < 1.29 is 13.2 Å². The Morgan fingerprint density at radius 2 is 1.81 bits per heavy atom. The number of thiophene rings is 1. The molecule has 140 valence electrons. The Labute approximate surface area is 170 Å². The average molecular weight is 465 g/mol. The number of amides is 1. The molecule has 1 heterocycles. The predicted octanol–water partition coefficient (Wildman–Crippen LogP) is 4.48. The van der Waals surface area contributed by atoms with Crippen LogP contribution >= 0.6 is 27.3 Å². The molecule has 1 atom stereocenters. The molecule has 0 radical (unpaired) electrons. The summed E-state index contributed by atoms with van der Waals surface area (Å²) in [5, 5.41) is 4.50. The molecule has 0 aliphatic rings. The van der Waals surface area contributed by atoms with Crippen molar-refractivity contribution in [2.75, 3.05) is 5.32 Å². The monoisotopic (exact) mass is 464 g/mol. The van der Waals surface area contributed by atoms with Gasteiger partial charge in [-0.2, -0.15) is 4.72 Å². The van der Waals surface area contributed by atoms with E-state index in [1.807, 2.05) is 25.1 Å². The molecule has 0 spiro atoms. The fourth-order valence-corrected chi connectivity index (χ4v) is 5.19. The second-order valence-corrected chi connectivity index (χ2v) is 9.65. The Morgan fingerprint density at radius 1 is 1.07 bits per heavy atom. The van der Waals surface area contributed by atoms with Crippen LogP contribution < -0.4 is 10.0 Å². The van der Waals surface area contributed by atoms with Gasteiger partial charge < -0.3 is 5.32 Å². The van der Waals surface area contributed by atoms with E-state index in [-0.39, 0.29) is 4.21 Å². The highest BCUT2D eigenvalue weighted by molar-refractivity contribution is 9.10. The average Bonchev–Trinajstić information content (AvgIpc) is 3.18. The molecule has 8 heteroatoms. The molecule has 3 aromatic rings. The first-order valence-corrected chi connectivity index (χ1v) is 11.2. The number of anilines is 1. The van der Waals surface area contributed by atoms with Crippen LogP contribution in [0.25, 0.3) is 0 Å². The number of sulfonamides is 1. The number of carbonyl (C=O) groups excluding carboxylic acids is 1. The van der Waals surface area contributed by atoms with Crippen LogP contribution in [0.3, 0.4) is 0 Å². The minimum atomic E-state index is -3.82. The third-order valence-electron chi connectivity index (χ3n) is 3.87. The van der Waals surface area contributed by atoms with E-state index in [4.69, 9.17) is 0 Å². The maximum atomic E-state index is 13.0. The van der Waals surface area contributed by atoms with E-state index in [0.29, 0.717) is 11.3 Å². The molecule has 0 bridgehead atoms. The number of halogens is 1. The summed E-state index contributed by atoms with van der Waals surface area (Å²) in [5.74, 6) is -0.452. The van der Waals surface area contributed by atoms with Gasteiger partial charge in [0.15, 0.2) is 0 Å². The van der Waals surface area contributed by atoms with Gasteiger partial charge in [0.2, 0.25) is 5.91 Å². The molecule has 0 aliphatic heterocycles. The van der Waals surface area contributed by atoms with E-state index < -0.39 is 22.0 Å². The molecule has 2 aromatic carbocycles. The zero-order valence-electron chi connectivity index (χ0n) is 14.3. The van der Waals surface area contributed by atoms with Crippen molar-refractivity contribution in [3.05, 3.63) is 81.6 Å². The van der Waals surface area contributed by atoms with Crippen LogP contribution in [0.15, 0.2) is 74.7 Å². The SMILES string of the molecule is Cc1cc(Br)ccc1NC(=O)[C@@H](NS(=O)(=O)c1cccs1)c1ccccc1. The molecule has 0 saturated carbocycles. The van der Waals surface area contributed by atoms with Crippen LogP contribution in [0.5, 0.6) is 0 Å². The molecule has 27 heavy (non-hydrogen) atoms. The lowest BCUT2D eigenvalue weighted by atomic mass is 10.1. The summed E-state index contributed by atoms with van der Waals surface area (Å²) in [4.78, 5) is 13.0. The molecule has 2 N–H and O–H groups in total. The molecule has 0 unspecified atom stereocenters. The summed E-state index contributed by atoms with van der Waals surface area (Å²) in [6.45, 7) is 1.87. The van der Waals surface area contributed by atoms with Crippen molar-refractivity contribution in [2.24, 2.45) is 0 Å². The summed E-state index contributed by atoms with van der Waals surface area (Å²) in [7, 11) is -3.82. The largest absolute Gasteiger partial charge is 0.324 e. The van der Waals surface area contributed by atoms with E-state index in [2.05, 4.69) is 26.0 Å². The maximum absolute atomic E-state index is 13.0. The van der Waals surface area contributed by atoms with E-state index in [1.54, 1.807) is 41.8 Å². The molecule has 0 fully saturated rings. The van der Waals surface area contributed by atoms with Crippen molar-refractivity contribution in [3.63, 3.8) is 0 Å². The van der Waals surface area contributed by atoms with Gasteiger partial charge in [-0.15, -0.1) is 11.3 Å². The van der Waals surface area contributed by atoms with E-state index >= 15 is 0 Å². The van der Waals surface area contributed by atoms with E-state index in [1.165, 1.54) is 6.07 Å². The molecule has 0 aliphatic carbocycles. The van der Waals surface area contributed by atoms with Crippen LogP contribution in [-0.4, -0.2) is 14.3 Å². The maximum Gasteiger partial charge on any atom is 0.251 e. The smallest absolute Gasteiger partial charge is 0.251 e. The lowest BCUT2D eigenvalue weighted by molar-refractivity contribution is -0.117. The molecule has 1 aromatic heterocycles. The molecule has 1 amide bonds. The highest BCUT2D eigenvalue weighted by Crippen LogP contribution is 2.24. The van der Waals surface area contributed by atoms with Crippen molar-refractivity contribution in [1.29, 1.82) is 0 Å². The molecule has 3 rings (SSSR count). The first-order valence-electron chi connectivity index (χ1n) is 8.04. The number of carbonyl (C=O) groups is 1. The Balaban J connectivity index is 1.91. The Hall–Kier alpha value is -2.00. The number of rotatable bonds is 6. The van der Waals surface area contributed by atoms with Gasteiger partial charge in [0, 0.05) is 10.2 Å². The van der Waals surface area contributed by atoms with Gasteiger partial charge in [-0.05, 0) is 47.7 Å². The lowest BCUT2D eigenvalue weighted by Crippen LogP contribution is -2.36. The van der Waals surface area contributed by atoms with Gasteiger partial charge in [-0.3, -0.25) is 4.79 Å². The van der Waals surface area contributed by atoms with Crippen LogP contribution in [0, 0.1) is 6.92 Å². The first kappa shape index (κ1) is 19.8. The third kappa shape index (κ3) is 4.84. The zero-order valence-corrected chi connectivity index (χ0v) is 17.6. The number of aryl methyl sites for hydroxylation is 1. The summed E-state index contributed by atoms with van der Waals surface area (Å²) in [5.41, 5.74) is 2.05. The molecule has 0 saturated heterocycles. The van der Waals surface area contributed by atoms with Crippen LogP contribution in [0.2, 0.25) is 0 Å². The number of hydrogen-bond donors (Lipinski definition) is 2. The van der Waals surface area contributed by atoms with Gasteiger partial charge in [-0.25, -0.2) is 8.42 Å². The summed E-state index contributed by atoms with van der Waals surface area (Å²) in [6.07, 6.45) is 0. The quantitative estimate of drug-likeness (QED) is 0.564. The second kappa shape index (κ2) is 8.35. The van der Waals surface area contributed by atoms with Crippen molar-refractivity contribution >= 4 is 48.9 Å².